The van der Waals surface area contributed by atoms with E-state index >= 15 is 0 Å². The number of carbonyl (C=O) groups excluding carboxylic acids is 1. The number of nitrogens with one attached hydrogen (secondary N) is 1. The Bertz CT molecular complexity index is 563. The van der Waals surface area contributed by atoms with Gasteiger partial charge in [-0.15, -0.1) is 0 Å². The van der Waals surface area contributed by atoms with Gasteiger partial charge in [-0.05, 0) is 37.1 Å². The highest BCUT2D eigenvalue weighted by Gasteiger charge is 2.44. The van der Waals surface area contributed by atoms with E-state index in [4.69, 9.17) is 0 Å². The van der Waals surface area contributed by atoms with Crippen molar-refractivity contribution in [3.63, 3.8) is 0 Å². The molecular formula is C14H13F4NO2. The zero-order valence-corrected chi connectivity index (χ0v) is 10.9. The molecule has 0 aromatic heterocycles. The maximum Gasteiger partial charge on any atom is 0.418 e. The van der Waals surface area contributed by atoms with Crippen LogP contribution in [0.2, 0.25) is 0 Å². The molecule has 0 aliphatic heterocycles. The molecule has 1 aliphatic rings. The second kappa shape index (κ2) is 5.85. The first kappa shape index (κ1) is 15.5. The molecule has 0 fully saturated rings. The van der Waals surface area contributed by atoms with Crippen LogP contribution in [0, 0.1) is 5.82 Å². The Morgan fingerprint density at radius 2 is 1.76 bits per heavy atom. The summed E-state index contributed by atoms with van der Waals surface area (Å²) in [6, 6.07) is 4.98. The maximum absolute atomic E-state index is 12.8. The number of halogens is 4. The Kier molecular flexibility index (Phi) is 4.32. The molecule has 0 bridgehead atoms. The van der Waals surface area contributed by atoms with Crippen molar-refractivity contribution >= 4 is 11.5 Å². The number of anilines is 1. The molecule has 0 radical (unpaired) electrons. The molecule has 7 heteroatoms. The zero-order chi connectivity index (χ0) is 15.6. The lowest BCUT2D eigenvalue weighted by Crippen LogP contribution is -2.36. The highest BCUT2D eigenvalue weighted by Crippen LogP contribution is 2.33. The minimum absolute atomic E-state index is 0.0303. The lowest BCUT2D eigenvalue weighted by molar-refractivity contribution is -0.192. The highest BCUT2D eigenvalue weighted by atomic mass is 19.4. The van der Waals surface area contributed by atoms with E-state index in [2.05, 4.69) is 5.32 Å². The molecule has 0 heterocycles. The van der Waals surface area contributed by atoms with Gasteiger partial charge in [0.15, 0.2) is 11.9 Å². The number of carbonyl (C=O) groups is 1. The fourth-order valence-corrected chi connectivity index (χ4v) is 2.18. The number of benzene rings is 1. The standard InChI is InChI=1S/C14H13F4NO2/c15-8-4-6-9(7-5-8)19-10-2-1-3-11(20)12(10)13(21)14(16,17)18/h4-7,13,19,21H,1-3H2. The van der Waals surface area contributed by atoms with Gasteiger partial charge in [0.05, 0.1) is 5.57 Å². The van der Waals surface area contributed by atoms with Crippen molar-refractivity contribution in [3.8, 4) is 0 Å². The quantitative estimate of drug-likeness (QED) is 0.843. The van der Waals surface area contributed by atoms with Gasteiger partial charge in [-0.3, -0.25) is 4.79 Å². The second-order valence-corrected chi connectivity index (χ2v) is 4.75. The van der Waals surface area contributed by atoms with Gasteiger partial charge >= 0.3 is 6.18 Å². The SMILES string of the molecule is O=C1CCCC(Nc2ccc(F)cc2)=C1C(O)C(F)(F)F. The Labute approximate surface area is 118 Å². The van der Waals surface area contributed by atoms with E-state index in [-0.39, 0.29) is 18.5 Å². The topological polar surface area (TPSA) is 49.3 Å². The first-order valence-corrected chi connectivity index (χ1v) is 6.32. The van der Waals surface area contributed by atoms with Gasteiger partial charge in [0.25, 0.3) is 0 Å². The maximum atomic E-state index is 12.8. The smallest absolute Gasteiger partial charge is 0.379 e. The van der Waals surface area contributed by atoms with Gasteiger partial charge in [-0.2, -0.15) is 13.2 Å². The average Bonchev–Trinajstić information content (AvgIpc) is 2.40. The summed E-state index contributed by atoms with van der Waals surface area (Å²) in [5.74, 6) is -1.21. The number of rotatable bonds is 3. The summed E-state index contributed by atoms with van der Waals surface area (Å²) in [6.45, 7) is 0. The third-order valence-corrected chi connectivity index (χ3v) is 3.18. The van der Waals surface area contributed by atoms with Crippen molar-refractivity contribution in [1.29, 1.82) is 0 Å². The molecule has 2 rings (SSSR count). The molecule has 0 amide bonds. The minimum atomic E-state index is -4.90. The van der Waals surface area contributed by atoms with E-state index < -0.39 is 29.5 Å². The van der Waals surface area contributed by atoms with E-state index in [1.807, 2.05) is 0 Å². The Hall–Kier alpha value is -1.89. The lowest BCUT2D eigenvalue weighted by atomic mass is 9.90. The van der Waals surface area contributed by atoms with Crippen LogP contribution < -0.4 is 5.32 Å². The average molecular weight is 303 g/mol. The van der Waals surface area contributed by atoms with Gasteiger partial charge in [0.1, 0.15) is 5.82 Å². The van der Waals surface area contributed by atoms with E-state index in [0.717, 1.165) is 12.1 Å². The number of hydrogen-bond acceptors (Lipinski definition) is 3. The molecule has 0 spiro atoms. The van der Waals surface area contributed by atoms with Gasteiger partial charge in [0, 0.05) is 17.8 Å². The van der Waals surface area contributed by atoms with E-state index in [9.17, 15) is 27.5 Å². The van der Waals surface area contributed by atoms with Crippen LogP contribution in [-0.4, -0.2) is 23.2 Å². The summed E-state index contributed by atoms with van der Waals surface area (Å²) in [5.41, 5.74) is -0.270. The number of allylic oxidation sites excluding steroid dienone is 1. The second-order valence-electron chi connectivity index (χ2n) is 4.75. The number of ketones is 1. The van der Waals surface area contributed by atoms with Gasteiger partial charge in [0.2, 0.25) is 0 Å². The molecule has 2 N–H and O–H groups in total. The van der Waals surface area contributed by atoms with Crippen molar-refractivity contribution in [2.45, 2.75) is 31.5 Å². The molecule has 21 heavy (non-hydrogen) atoms. The first-order valence-electron chi connectivity index (χ1n) is 6.32. The molecule has 3 nitrogen and oxygen atoms in total. The molecule has 0 saturated heterocycles. The van der Waals surface area contributed by atoms with Gasteiger partial charge < -0.3 is 10.4 Å². The third kappa shape index (κ3) is 3.60. The van der Waals surface area contributed by atoms with E-state index in [0.29, 0.717) is 12.1 Å². The summed E-state index contributed by atoms with van der Waals surface area (Å²) < 4.78 is 50.8. The Morgan fingerprint density at radius 3 is 2.33 bits per heavy atom. The summed E-state index contributed by atoms with van der Waals surface area (Å²) in [7, 11) is 0. The largest absolute Gasteiger partial charge is 0.418 e. The summed E-state index contributed by atoms with van der Waals surface area (Å²) in [4.78, 5) is 11.7. The van der Waals surface area contributed by atoms with Crippen LogP contribution in [0.3, 0.4) is 0 Å². The lowest BCUT2D eigenvalue weighted by Gasteiger charge is -2.25. The monoisotopic (exact) mass is 303 g/mol. The van der Waals surface area contributed by atoms with Crippen molar-refractivity contribution in [2.24, 2.45) is 0 Å². The molecule has 114 valence electrons. The van der Waals surface area contributed by atoms with Crippen molar-refractivity contribution in [2.75, 3.05) is 5.32 Å². The van der Waals surface area contributed by atoms with Crippen molar-refractivity contribution in [3.05, 3.63) is 41.4 Å². The van der Waals surface area contributed by atoms with Crippen LogP contribution in [0.15, 0.2) is 35.5 Å². The predicted molar refractivity (Wildman–Crippen MR) is 68.0 cm³/mol. The van der Waals surface area contributed by atoms with Crippen molar-refractivity contribution < 1.29 is 27.5 Å². The number of Topliss-reactive ketones (excluding diaryl/α,β-unsaturated/α-hetero) is 1. The molecular weight excluding hydrogens is 290 g/mol. The van der Waals surface area contributed by atoms with E-state index in [1.165, 1.54) is 12.1 Å². The van der Waals surface area contributed by atoms with Crippen molar-refractivity contribution in [1.82, 2.24) is 0 Å². The van der Waals surface area contributed by atoms with Gasteiger partial charge in [-0.25, -0.2) is 4.39 Å². The molecule has 1 aliphatic carbocycles. The number of aliphatic hydroxyl groups is 1. The van der Waals surface area contributed by atoms with Crippen LogP contribution in [0.4, 0.5) is 23.2 Å². The molecule has 0 saturated carbocycles. The summed E-state index contributed by atoms with van der Waals surface area (Å²) in [6.07, 6.45) is -7.13. The predicted octanol–water partition coefficient (Wildman–Crippen LogP) is 3.17. The van der Waals surface area contributed by atoms with Crippen LogP contribution in [-0.2, 0) is 4.79 Å². The van der Waals surface area contributed by atoms with E-state index in [1.54, 1.807) is 0 Å². The number of hydrogen-bond donors (Lipinski definition) is 2. The Morgan fingerprint density at radius 1 is 1.14 bits per heavy atom. The van der Waals surface area contributed by atoms with Crippen LogP contribution in [0.5, 0.6) is 0 Å². The third-order valence-electron chi connectivity index (χ3n) is 3.18. The minimum Gasteiger partial charge on any atom is -0.379 e. The fraction of sp³-hybridized carbons (Fsp3) is 0.357. The normalized spacial score (nSPS) is 17.9. The van der Waals surface area contributed by atoms with Crippen LogP contribution in [0.1, 0.15) is 19.3 Å². The molecule has 1 aromatic carbocycles. The summed E-state index contributed by atoms with van der Waals surface area (Å²) >= 11 is 0. The molecule has 1 unspecified atom stereocenters. The Balaban J connectivity index is 2.35. The fourth-order valence-electron chi connectivity index (χ4n) is 2.18. The first-order chi connectivity index (χ1) is 9.79. The van der Waals surface area contributed by atoms with Gasteiger partial charge in [-0.1, -0.05) is 0 Å². The number of aliphatic hydroxyl groups excluding tert-OH is 1. The van der Waals surface area contributed by atoms with Crippen LogP contribution in [0.25, 0.3) is 0 Å². The van der Waals surface area contributed by atoms with Crippen LogP contribution >= 0.6 is 0 Å². The highest BCUT2D eigenvalue weighted by molar-refractivity contribution is 5.98. The summed E-state index contributed by atoms with van der Waals surface area (Å²) in [5, 5.41) is 12.0. The number of alkyl halides is 3. The zero-order valence-electron chi connectivity index (χ0n) is 10.9. The molecule has 1 aromatic rings. The molecule has 1 atom stereocenters.